The molecule has 0 heteroatoms. The number of hydrogen-bond acceptors (Lipinski definition) is 0. The van der Waals surface area contributed by atoms with Crippen LogP contribution >= 0.6 is 0 Å². The summed E-state index contributed by atoms with van der Waals surface area (Å²) in [5.41, 5.74) is 26.6. The highest BCUT2D eigenvalue weighted by Crippen LogP contribution is 2.48. The molecule has 0 saturated carbocycles. The number of benzene rings is 17. The second-order valence-electron chi connectivity index (χ2n) is 26.8. The van der Waals surface area contributed by atoms with Crippen LogP contribution in [-0.2, 0) is 5.41 Å². The van der Waals surface area contributed by atoms with Gasteiger partial charge in [-0.15, -0.1) is 0 Å². The lowest BCUT2D eigenvalue weighted by Crippen LogP contribution is -2.10. The van der Waals surface area contributed by atoms with Crippen LogP contribution in [0.5, 0.6) is 0 Å². The smallest absolute Gasteiger partial charge is 0.00210 e. The Morgan fingerprint density at radius 2 is 0.417 bits per heavy atom. The molecular weight excluding hydrogens is 1150 g/mol. The Labute approximate surface area is 563 Å². The topological polar surface area (TPSA) is 0 Å². The van der Waals surface area contributed by atoms with E-state index in [2.05, 4.69) is 380 Å². The first kappa shape index (κ1) is 59.3. The van der Waals surface area contributed by atoms with Gasteiger partial charge >= 0.3 is 0 Å². The summed E-state index contributed by atoms with van der Waals surface area (Å²) in [7, 11) is 0. The molecule has 0 N–H and O–H groups in total. The van der Waals surface area contributed by atoms with Gasteiger partial charge in [0, 0.05) is 0 Å². The first-order valence-electron chi connectivity index (χ1n) is 33.6. The fraction of sp³-hybridized carbons (Fsp3) is 0.0625. The summed E-state index contributed by atoms with van der Waals surface area (Å²) in [6, 6.07) is 127. The lowest BCUT2D eigenvalue weighted by Gasteiger charge is -2.21. The lowest BCUT2D eigenvalue weighted by molar-refractivity contribution is 0.590. The molecule has 0 unspecified atom stereocenters. The zero-order chi connectivity index (χ0) is 64.9. The van der Waals surface area contributed by atoms with Gasteiger partial charge in [-0.2, -0.15) is 0 Å². The van der Waals surface area contributed by atoms with Gasteiger partial charge in [-0.05, 0) is 249 Å². The molecule has 456 valence electrons. The third-order valence-electron chi connectivity index (χ3n) is 19.7. The van der Waals surface area contributed by atoms with Gasteiger partial charge in [0.2, 0.25) is 0 Å². The molecule has 0 nitrogen and oxygen atoms in total. The summed E-state index contributed by atoms with van der Waals surface area (Å²) in [4.78, 5) is 0. The van der Waals surface area contributed by atoms with Crippen LogP contribution < -0.4 is 0 Å². The van der Waals surface area contributed by atoms with Crippen molar-refractivity contribution in [3.8, 4) is 100 Å². The van der Waals surface area contributed by atoms with Crippen LogP contribution in [0, 0.1) is 13.8 Å². The van der Waals surface area contributed by atoms with E-state index in [0.717, 1.165) is 0 Å². The second kappa shape index (κ2) is 25.0. The van der Waals surface area contributed by atoms with Crippen molar-refractivity contribution in [1.82, 2.24) is 0 Å². The van der Waals surface area contributed by atoms with Crippen molar-refractivity contribution in [2.75, 3.05) is 0 Å². The van der Waals surface area contributed by atoms with Gasteiger partial charge in [0.1, 0.15) is 0 Å². The molecule has 0 heterocycles. The summed E-state index contributed by atoms with van der Waals surface area (Å²) in [6.07, 6.45) is 0. The summed E-state index contributed by atoms with van der Waals surface area (Å²) in [6.45, 7) is 11.3. The van der Waals surface area contributed by atoms with Crippen molar-refractivity contribution in [1.29, 1.82) is 0 Å². The lowest BCUT2D eigenvalue weighted by atomic mass is 9.83. The van der Waals surface area contributed by atoms with Crippen molar-refractivity contribution in [3.05, 3.63) is 362 Å². The minimum Gasteiger partial charge on any atom is -0.0622 e. The molecule has 17 aromatic carbocycles. The van der Waals surface area contributed by atoms with Gasteiger partial charge in [0.05, 0.1) is 0 Å². The number of hydrogen-bond donors (Lipinski definition) is 0. The van der Waals surface area contributed by atoms with E-state index in [1.807, 2.05) is 0 Å². The monoisotopic (exact) mass is 1220 g/mol. The van der Waals surface area contributed by atoms with Gasteiger partial charge in [-0.1, -0.05) is 318 Å². The number of aryl methyl sites for hydroxylation is 2. The van der Waals surface area contributed by atoms with Crippen LogP contribution in [0.3, 0.4) is 0 Å². The Balaban J connectivity index is 0.000000152. The third-order valence-corrected chi connectivity index (χ3v) is 19.7. The third kappa shape index (κ3) is 11.2. The fourth-order valence-electron chi connectivity index (χ4n) is 14.9. The molecule has 0 aromatic heterocycles. The summed E-state index contributed by atoms with van der Waals surface area (Å²) in [5.74, 6) is 0. The normalized spacial score (nSPS) is 11.6. The van der Waals surface area contributed by atoms with Crippen LogP contribution in [0.2, 0.25) is 0 Å². The molecule has 17 rings (SSSR count). The van der Waals surface area contributed by atoms with E-state index in [1.54, 1.807) is 0 Å². The molecule has 0 saturated heterocycles. The maximum atomic E-state index is 2.38. The molecule has 0 radical (unpaired) electrons. The van der Waals surface area contributed by atoms with Gasteiger partial charge in [0.25, 0.3) is 0 Å². The average Bonchev–Trinajstić information content (AvgIpc) is 0.732. The second-order valence-corrected chi connectivity index (χ2v) is 26.8. The van der Waals surface area contributed by atoms with Crippen molar-refractivity contribution < 1.29 is 0 Å². The van der Waals surface area contributed by atoms with Crippen LogP contribution in [0.15, 0.2) is 346 Å². The molecule has 0 atom stereocenters. The van der Waals surface area contributed by atoms with Gasteiger partial charge in [-0.25, -0.2) is 0 Å². The predicted octanol–water partition coefficient (Wildman–Crippen LogP) is 27.2. The van der Waals surface area contributed by atoms with Crippen LogP contribution in [0.4, 0.5) is 0 Å². The summed E-state index contributed by atoms with van der Waals surface area (Å²) >= 11 is 0. The van der Waals surface area contributed by atoms with Crippen molar-refractivity contribution in [3.63, 3.8) is 0 Å². The van der Waals surface area contributed by atoms with Crippen LogP contribution in [0.1, 0.15) is 37.5 Å². The van der Waals surface area contributed by atoms with Gasteiger partial charge in [-0.3, -0.25) is 0 Å². The number of fused-ring (bicyclic) bond motifs is 6. The van der Waals surface area contributed by atoms with Crippen molar-refractivity contribution in [2.24, 2.45) is 0 Å². The molecule has 0 amide bonds. The van der Waals surface area contributed by atoms with Gasteiger partial charge < -0.3 is 0 Å². The minimum atomic E-state index is 0.121. The van der Waals surface area contributed by atoms with Gasteiger partial charge in [0.15, 0.2) is 0 Å². The average molecular weight is 1230 g/mol. The van der Waals surface area contributed by atoms with E-state index in [-0.39, 0.29) is 5.41 Å². The summed E-state index contributed by atoms with van der Waals surface area (Å²) < 4.78 is 0. The van der Waals surface area contributed by atoms with Crippen molar-refractivity contribution >= 4 is 64.6 Å². The minimum absolute atomic E-state index is 0.121. The molecule has 0 bridgehead atoms. The Kier molecular flexibility index (Phi) is 15.4. The SMILES string of the molecule is CC(C)(C)c1ccc(-c2c3ccccc3c(-c3ccc4cc(-c5cccc(-c6ccccc6)c5)ccc4c3)c3ccccc23)cc1.Cc1cccc(C)c1-c1c2ccccc2c(-c2ccc3cc(-c4cc(-c5ccccc5)cc(-c5ccccc5)c4)ccc3c2)c2ccccc12. The first-order chi connectivity index (χ1) is 47.1. The van der Waals surface area contributed by atoms with E-state index in [9.17, 15) is 0 Å². The molecule has 96 heavy (non-hydrogen) atoms. The maximum Gasteiger partial charge on any atom is -0.00210 e. The summed E-state index contributed by atoms with van der Waals surface area (Å²) in [5, 5.41) is 15.3. The fourth-order valence-corrected chi connectivity index (χ4v) is 14.9. The molecule has 0 aliphatic carbocycles. The highest BCUT2D eigenvalue weighted by Gasteiger charge is 2.22. The molecule has 0 aliphatic rings. The molecule has 0 aliphatic heterocycles. The van der Waals surface area contributed by atoms with E-state index in [1.165, 1.54) is 181 Å². The standard InChI is InChI=1S/C50H36.C46H36/c1-33-14-13-15-34(2)48(33)50-46-22-11-9-20-44(46)49(45-21-10-12-23-47(45)50)40-27-26-37-28-39(25-24-38(37)29-40)43-31-41(35-16-5-3-6-17-35)30-42(32-43)36-18-7-4-8-19-36;1-46(2,3)39-26-24-32(25-27-39)44-40-16-7-9-18-42(40)45(43-19-10-8-17-41(43)44)38-23-22-36-29-35(20-21-37(36)30-38)34-15-11-14-33(28-34)31-12-5-4-6-13-31/h3-32H,1-2H3;4-30H,1-3H3. The Morgan fingerprint density at radius 3 is 0.802 bits per heavy atom. The Morgan fingerprint density at radius 1 is 0.167 bits per heavy atom. The zero-order valence-electron chi connectivity index (χ0n) is 54.9. The zero-order valence-corrected chi connectivity index (χ0v) is 54.9. The van der Waals surface area contributed by atoms with E-state index >= 15 is 0 Å². The predicted molar refractivity (Wildman–Crippen MR) is 415 cm³/mol. The van der Waals surface area contributed by atoms with E-state index in [0.29, 0.717) is 0 Å². The maximum absolute atomic E-state index is 2.38. The Hall–Kier alpha value is -11.7. The molecule has 0 spiro atoms. The molecular formula is C96H72. The Bertz CT molecular complexity index is 5600. The van der Waals surface area contributed by atoms with E-state index < -0.39 is 0 Å². The first-order valence-corrected chi connectivity index (χ1v) is 33.6. The number of rotatable bonds is 9. The quantitative estimate of drug-likeness (QED) is 0.126. The van der Waals surface area contributed by atoms with Crippen molar-refractivity contribution in [2.45, 2.75) is 40.0 Å². The molecule has 17 aromatic rings. The van der Waals surface area contributed by atoms with Crippen LogP contribution in [0.25, 0.3) is 165 Å². The highest BCUT2D eigenvalue weighted by molar-refractivity contribution is 6.23. The molecule has 0 fully saturated rings. The van der Waals surface area contributed by atoms with E-state index in [4.69, 9.17) is 0 Å². The highest BCUT2D eigenvalue weighted by atomic mass is 14.3. The van der Waals surface area contributed by atoms with Crippen LogP contribution in [-0.4, -0.2) is 0 Å². The largest absolute Gasteiger partial charge is 0.0622 e.